The van der Waals surface area contributed by atoms with Crippen LogP contribution in [0, 0.1) is 17.0 Å². The quantitative estimate of drug-likeness (QED) is 0.630. The number of hydrogen-bond acceptors (Lipinski definition) is 5. The molecule has 1 heterocycles. The summed E-state index contributed by atoms with van der Waals surface area (Å²) in [4.78, 5) is 24.9. The Hall–Kier alpha value is -3.09. The minimum atomic E-state index is -0.521. The van der Waals surface area contributed by atoms with Crippen LogP contribution in [0.5, 0.6) is 11.5 Å². The summed E-state index contributed by atoms with van der Waals surface area (Å²) in [6, 6.07) is 12.0. The van der Waals surface area contributed by atoms with Gasteiger partial charge in [0.25, 0.3) is 11.6 Å². The first-order valence-corrected chi connectivity index (χ1v) is 7.85. The van der Waals surface area contributed by atoms with Crippen molar-refractivity contribution < 1.29 is 19.2 Å². The highest BCUT2D eigenvalue weighted by Gasteiger charge is 2.28. The lowest BCUT2D eigenvalue weighted by molar-refractivity contribution is -0.385. The highest BCUT2D eigenvalue weighted by molar-refractivity contribution is 5.98. The predicted molar refractivity (Wildman–Crippen MR) is 91.1 cm³/mol. The first kappa shape index (κ1) is 16.8. The highest BCUT2D eigenvalue weighted by Crippen LogP contribution is 2.31. The van der Waals surface area contributed by atoms with Gasteiger partial charge in [-0.05, 0) is 25.1 Å². The van der Waals surface area contributed by atoms with Gasteiger partial charge in [-0.15, -0.1) is 0 Å². The maximum atomic E-state index is 12.7. The van der Waals surface area contributed by atoms with Gasteiger partial charge >= 0.3 is 0 Å². The fraction of sp³-hybridized carbons (Fsp3) is 0.278. The van der Waals surface area contributed by atoms with Crippen LogP contribution in [0.4, 0.5) is 5.69 Å². The predicted octanol–water partition coefficient (Wildman–Crippen LogP) is 2.82. The number of para-hydroxylation sites is 3. The molecule has 0 spiro atoms. The van der Waals surface area contributed by atoms with Crippen LogP contribution in [0.15, 0.2) is 42.5 Å². The first-order valence-electron chi connectivity index (χ1n) is 7.85. The average molecular weight is 342 g/mol. The van der Waals surface area contributed by atoms with Crippen LogP contribution in [0.3, 0.4) is 0 Å². The summed E-state index contributed by atoms with van der Waals surface area (Å²) in [5.74, 6) is 0.876. The molecule has 0 N–H and O–H groups in total. The van der Waals surface area contributed by atoms with Crippen LogP contribution >= 0.6 is 0 Å². The van der Waals surface area contributed by atoms with E-state index >= 15 is 0 Å². The zero-order valence-electron chi connectivity index (χ0n) is 14.0. The summed E-state index contributed by atoms with van der Waals surface area (Å²) in [5.41, 5.74) is 0.366. The summed E-state index contributed by atoms with van der Waals surface area (Å²) < 4.78 is 11.5. The van der Waals surface area contributed by atoms with E-state index in [-0.39, 0.29) is 23.9 Å². The van der Waals surface area contributed by atoms with Crippen LogP contribution < -0.4 is 9.47 Å². The fourth-order valence-electron chi connectivity index (χ4n) is 2.82. The lowest BCUT2D eigenvalue weighted by Crippen LogP contribution is -2.42. The van der Waals surface area contributed by atoms with Crippen molar-refractivity contribution in [1.29, 1.82) is 0 Å². The van der Waals surface area contributed by atoms with Gasteiger partial charge in [0.2, 0.25) is 0 Å². The summed E-state index contributed by atoms with van der Waals surface area (Å²) in [7, 11) is 1.60. The molecule has 1 amide bonds. The molecule has 1 atom stereocenters. The average Bonchev–Trinajstić information content (AvgIpc) is 2.60. The van der Waals surface area contributed by atoms with Gasteiger partial charge in [0.05, 0.1) is 11.5 Å². The molecule has 0 saturated carbocycles. The van der Waals surface area contributed by atoms with Gasteiger partial charge in [-0.3, -0.25) is 14.9 Å². The van der Waals surface area contributed by atoms with Gasteiger partial charge in [-0.25, -0.2) is 0 Å². The molecular formula is C18H18N2O5. The van der Waals surface area contributed by atoms with Gasteiger partial charge < -0.3 is 14.4 Å². The van der Waals surface area contributed by atoms with Crippen molar-refractivity contribution in [3.63, 3.8) is 0 Å². The molecule has 0 radical (unpaired) electrons. The molecule has 25 heavy (non-hydrogen) atoms. The summed E-state index contributed by atoms with van der Waals surface area (Å²) in [6.45, 7) is 2.19. The summed E-state index contributed by atoms with van der Waals surface area (Å²) >= 11 is 0. The SMILES string of the molecule is Cc1cccc(C(=O)N(C)C[C@@H]2COc3ccccc3O2)c1[N+](=O)[O-]. The number of nitro groups is 1. The number of carbonyl (C=O) groups is 1. The van der Waals surface area contributed by atoms with E-state index in [9.17, 15) is 14.9 Å². The molecule has 0 bridgehead atoms. The Kier molecular flexibility index (Phi) is 4.56. The van der Waals surface area contributed by atoms with E-state index in [4.69, 9.17) is 9.47 Å². The Morgan fingerprint density at radius 3 is 2.68 bits per heavy atom. The van der Waals surface area contributed by atoms with Crippen LogP contribution in [-0.2, 0) is 0 Å². The second-order valence-electron chi connectivity index (χ2n) is 5.91. The molecule has 3 rings (SSSR count). The topological polar surface area (TPSA) is 81.9 Å². The number of nitro benzene ring substituents is 1. The minimum Gasteiger partial charge on any atom is -0.486 e. The molecular weight excluding hydrogens is 324 g/mol. The number of hydrogen-bond donors (Lipinski definition) is 0. The number of carbonyl (C=O) groups excluding carboxylic acids is 1. The second-order valence-corrected chi connectivity index (χ2v) is 5.91. The molecule has 0 unspecified atom stereocenters. The maximum absolute atomic E-state index is 12.7. The van der Waals surface area contributed by atoms with Crippen molar-refractivity contribution in [1.82, 2.24) is 4.90 Å². The Labute approximate surface area is 144 Å². The van der Waals surface area contributed by atoms with E-state index in [1.54, 1.807) is 32.2 Å². The van der Waals surface area contributed by atoms with E-state index in [2.05, 4.69) is 0 Å². The van der Waals surface area contributed by atoms with E-state index < -0.39 is 10.8 Å². The monoisotopic (exact) mass is 342 g/mol. The molecule has 2 aromatic carbocycles. The highest BCUT2D eigenvalue weighted by atomic mass is 16.6. The van der Waals surface area contributed by atoms with Gasteiger partial charge in [-0.2, -0.15) is 0 Å². The van der Waals surface area contributed by atoms with Crippen LogP contribution in [-0.4, -0.2) is 42.0 Å². The number of fused-ring (bicyclic) bond motifs is 1. The van der Waals surface area contributed by atoms with Crippen LogP contribution in [0.25, 0.3) is 0 Å². The third kappa shape index (κ3) is 3.40. The van der Waals surface area contributed by atoms with Gasteiger partial charge in [0.15, 0.2) is 17.6 Å². The molecule has 0 fully saturated rings. The van der Waals surface area contributed by atoms with Crippen molar-refractivity contribution in [3.8, 4) is 11.5 Å². The molecule has 1 aliphatic heterocycles. The number of aryl methyl sites for hydroxylation is 1. The normalized spacial score (nSPS) is 15.5. The van der Waals surface area contributed by atoms with E-state index in [1.165, 1.54) is 11.0 Å². The number of nitrogens with zero attached hydrogens (tertiary/aromatic N) is 2. The molecule has 2 aromatic rings. The Morgan fingerprint density at radius 2 is 1.96 bits per heavy atom. The molecule has 0 aliphatic carbocycles. The molecule has 7 heteroatoms. The minimum absolute atomic E-state index is 0.0737. The standard InChI is InChI=1S/C18H18N2O5/c1-12-6-5-7-14(17(12)20(22)23)18(21)19(2)10-13-11-24-15-8-3-4-9-16(15)25-13/h3-9,13H,10-11H2,1-2H3/t13-/m1/s1. The van der Waals surface area contributed by atoms with Gasteiger partial charge in [0, 0.05) is 12.6 Å². The Morgan fingerprint density at radius 1 is 1.24 bits per heavy atom. The number of benzene rings is 2. The maximum Gasteiger partial charge on any atom is 0.285 e. The van der Waals surface area contributed by atoms with Crippen molar-refractivity contribution in [3.05, 3.63) is 63.7 Å². The molecule has 0 saturated heterocycles. The number of ether oxygens (including phenoxy) is 2. The molecule has 0 aromatic heterocycles. The first-order chi connectivity index (χ1) is 12.0. The smallest absolute Gasteiger partial charge is 0.285 e. The van der Waals surface area contributed by atoms with Crippen LogP contribution in [0.1, 0.15) is 15.9 Å². The van der Waals surface area contributed by atoms with Crippen molar-refractivity contribution in [2.24, 2.45) is 0 Å². The molecule has 130 valence electrons. The number of amides is 1. The zero-order chi connectivity index (χ0) is 18.0. The lowest BCUT2D eigenvalue weighted by atomic mass is 10.1. The number of likely N-dealkylation sites (N-methyl/N-ethyl adjacent to an activating group) is 1. The third-order valence-corrected chi connectivity index (χ3v) is 4.04. The second kappa shape index (κ2) is 6.80. The van der Waals surface area contributed by atoms with E-state index in [1.807, 2.05) is 18.2 Å². The Balaban J connectivity index is 1.74. The zero-order valence-corrected chi connectivity index (χ0v) is 14.0. The van der Waals surface area contributed by atoms with Crippen LogP contribution in [0.2, 0.25) is 0 Å². The van der Waals surface area contributed by atoms with E-state index in [0.29, 0.717) is 23.7 Å². The summed E-state index contributed by atoms with van der Waals surface area (Å²) in [6.07, 6.45) is -0.340. The van der Waals surface area contributed by atoms with Gasteiger partial charge in [0.1, 0.15) is 12.2 Å². The number of rotatable bonds is 4. The van der Waals surface area contributed by atoms with Crippen molar-refractivity contribution >= 4 is 11.6 Å². The molecule has 1 aliphatic rings. The van der Waals surface area contributed by atoms with Crippen molar-refractivity contribution in [2.45, 2.75) is 13.0 Å². The van der Waals surface area contributed by atoms with E-state index in [0.717, 1.165) is 0 Å². The summed E-state index contributed by atoms with van der Waals surface area (Å²) in [5, 5.41) is 11.3. The lowest BCUT2D eigenvalue weighted by Gasteiger charge is -2.29. The molecule has 7 nitrogen and oxygen atoms in total. The third-order valence-electron chi connectivity index (χ3n) is 4.04. The Bertz CT molecular complexity index is 821. The van der Waals surface area contributed by atoms with Crippen molar-refractivity contribution in [2.75, 3.05) is 20.2 Å². The van der Waals surface area contributed by atoms with Gasteiger partial charge in [-0.1, -0.05) is 24.3 Å². The fourth-order valence-corrected chi connectivity index (χ4v) is 2.82. The largest absolute Gasteiger partial charge is 0.486 e.